The van der Waals surface area contributed by atoms with Crippen molar-refractivity contribution < 1.29 is 19.2 Å². The molecule has 0 unspecified atom stereocenters. The van der Waals surface area contributed by atoms with Gasteiger partial charge in [-0.25, -0.2) is 10.3 Å². The number of benzene rings is 1. The Morgan fingerprint density at radius 3 is 2.62 bits per heavy atom. The van der Waals surface area contributed by atoms with E-state index in [9.17, 15) is 9.59 Å². The number of carbonyl (C=O) groups is 2. The largest absolute Gasteiger partial charge is 0.494 e. The molecule has 0 aliphatic rings. The molecule has 0 fully saturated rings. The number of carbonyl (C=O) groups excluding carboxylic acids is 2. The summed E-state index contributed by atoms with van der Waals surface area (Å²) >= 11 is 0. The normalized spacial score (nSPS) is 9.38. The van der Waals surface area contributed by atoms with Crippen LogP contribution in [0.15, 0.2) is 24.3 Å². The van der Waals surface area contributed by atoms with Crippen LogP contribution in [0.25, 0.3) is 0 Å². The lowest BCUT2D eigenvalue weighted by Crippen LogP contribution is -2.13. The molecule has 1 rings (SSSR count). The number of hydrogen-bond acceptors (Lipinski definition) is 5. The minimum Gasteiger partial charge on any atom is -0.494 e. The van der Waals surface area contributed by atoms with E-state index >= 15 is 0 Å². The first-order valence-electron chi connectivity index (χ1n) is 4.71. The minimum atomic E-state index is -0.626. The zero-order chi connectivity index (χ0) is 12.0. The van der Waals surface area contributed by atoms with E-state index < -0.39 is 5.97 Å². The average Bonchev–Trinajstić information content (AvgIpc) is 2.26. The fourth-order valence-electron chi connectivity index (χ4n) is 1.08. The standard InChI is InChI=1S/C11H13NO4/c1-8(13)7-11(14)16-12-9-5-3-4-6-10(9)15-2/h3-6,12H,7H2,1-2H3. The zero-order valence-corrected chi connectivity index (χ0v) is 9.15. The van der Waals surface area contributed by atoms with Gasteiger partial charge in [0.25, 0.3) is 0 Å². The van der Waals surface area contributed by atoms with Crippen molar-refractivity contribution in [2.75, 3.05) is 12.6 Å². The Balaban J connectivity index is 2.54. The fraction of sp³-hybridized carbons (Fsp3) is 0.273. The van der Waals surface area contributed by atoms with Gasteiger partial charge in [-0.05, 0) is 19.1 Å². The lowest BCUT2D eigenvalue weighted by atomic mass is 10.3. The topological polar surface area (TPSA) is 64.6 Å². The second-order valence-electron chi connectivity index (χ2n) is 3.16. The highest BCUT2D eigenvalue weighted by Crippen LogP contribution is 2.22. The number of para-hydroxylation sites is 2. The maximum absolute atomic E-state index is 11.1. The van der Waals surface area contributed by atoms with Gasteiger partial charge in [0.2, 0.25) is 0 Å². The van der Waals surface area contributed by atoms with Gasteiger partial charge in [-0.2, -0.15) is 0 Å². The van der Waals surface area contributed by atoms with Crippen LogP contribution in [-0.2, 0) is 14.4 Å². The predicted molar refractivity (Wildman–Crippen MR) is 58.0 cm³/mol. The molecule has 86 valence electrons. The van der Waals surface area contributed by atoms with Gasteiger partial charge in [-0.3, -0.25) is 4.79 Å². The molecule has 0 heterocycles. The highest BCUT2D eigenvalue weighted by molar-refractivity contribution is 5.94. The molecule has 0 aliphatic heterocycles. The third kappa shape index (κ3) is 3.61. The minimum absolute atomic E-state index is 0.244. The Labute approximate surface area is 93.3 Å². The number of nitrogens with one attached hydrogen (secondary N) is 1. The van der Waals surface area contributed by atoms with Crippen LogP contribution in [0.3, 0.4) is 0 Å². The second kappa shape index (κ2) is 5.75. The highest BCUT2D eigenvalue weighted by Gasteiger charge is 2.08. The summed E-state index contributed by atoms with van der Waals surface area (Å²) in [5.41, 5.74) is 2.97. The maximum Gasteiger partial charge on any atom is 0.339 e. The van der Waals surface area contributed by atoms with Gasteiger partial charge in [0.1, 0.15) is 23.6 Å². The first-order chi connectivity index (χ1) is 7.63. The van der Waals surface area contributed by atoms with E-state index in [2.05, 4.69) is 5.48 Å². The third-order valence-electron chi connectivity index (χ3n) is 1.78. The Kier molecular flexibility index (Phi) is 4.32. The van der Waals surface area contributed by atoms with E-state index in [1.807, 2.05) is 0 Å². The molecule has 16 heavy (non-hydrogen) atoms. The summed E-state index contributed by atoms with van der Waals surface area (Å²) in [7, 11) is 1.51. The summed E-state index contributed by atoms with van der Waals surface area (Å²) in [6, 6.07) is 6.98. The van der Waals surface area contributed by atoms with Crippen LogP contribution >= 0.6 is 0 Å². The third-order valence-corrected chi connectivity index (χ3v) is 1.78. The monoisotopic (exact) mass is 223 g/mol. The van der Waals surface area contributed by atoms with E-state index in [0.717, 1.165) is 0 Å². The summed E-state index contributed by atoms with van der Waals surface area (Å²) < 4.78 is 5.04. The molecule has 0 aromatic heterocycles. The summed E-state index contributed by atoms with van der Waals surface area (Å²) in [5.74, 6) is -0.316. The summed E-state index contributed by atoms with van der Waals surface area (Å²) in [6.45, 7) is 1.32. The van der Waals surface area contributed by atoms with Gasteiger partial charge < -0.3 is 9.57 Å². The number of rotatable bonds is 5. The van der Waals surface area contributed by atoms with Crippen LogP contribution in [0, 0.1) is 0 Å². The quantitative estimate of drug-likeness (QED) is 0.606. The average molecular weight is 223 g/mol. The van der Waals surface area contributed by atoms with Crippen molar-refractivity contribution in [1.29, 1.82) is 0 Å². The van der Waals surface area contributed by atoms with Crippen LogP contribution in [0.5, 0.6) is 5.75 Å². The molecule has 0 saturated heterocycles. The van der Waals surface area contributed by atoms with E-state index in [1.165, 1.54) is 14.0 Å². The van der Waals surface area contributed by atoms with E-state index in [4.69, 9.17) is 9.57 Å². The van der Waals surface area contributed by atoms with Crippen LogP contribution in [-0.4, -0.2) is 18.9 Å². The Morgan fingerprint density at radius 1 is 1.31 bits per heavy atom. The number of methoxy groups -OCH3 is 1. The van der Waals surface area contributed by atoms with Crippen molar-refractivity contribution in [2.24, 2.45) is 0 Å². The number of ether oxygens (including phenoxy) is 1. The molecule has 0 bridgehead atoms. The van der Waals surface area contributed by atoms with Crippen molar-refractivity contribution in [3.8, 4) is 5.75 Å². The van der Waals surface area contributed by atoms with Crippen molar-refractivity contribution in [2.45, 2.75) is 13.3 Å². The van der Waals surface area contributed by atoms with E-state index in [1.54, 1.807) is 24.3 Å². The van der Waals surface area contributed by atoms with Crippen LogP contribution in [0.2, 0.25) is 0 Å². The molecule has 5 heteroatoms. The lowest BCUT2D eigenvalue weighted by molar-refractivity contribution is -0.143. The molecule has 1 aromatic carbocycles. The summed E-state index contributed by atoms with van der Waals surface area (Å²) in [6.07, 6.45) is -0.248. The van der Waals surface area contributed by atoms with Gasteiger partial charge in [-0.15, -0.1) is 0 Å². The first-order valence-corrected chi connectivity index (χ1v) is 4.71. The predicted octanol–water partition coefficient (Wildman–Crippen LogP) is 1.54. The molecule has 0 amide bonds. The number of ketones is 1. The molecule has 0 radical (unpaired) electrons. The molecular weight excluding hydrogens is 210 g/mol. The van der Waals surface area contributed by atoms with E-state index in [-0.39, 0.29) is 12.2 Å². The second-order valence-corrected chi connectivity index (χ2v) is 3.16. The summed E-state index contributed by atoms with van der Waals surface area (Å²) in [5, 5.41) is 0. The number of Topliss-reactive ketones (excluding diaryl/α,β-unsaturated/α-hetero) is 1. The van der Waals surface area contributed by atoms with Crippen molar-refractivity contribution in [3.05, 3.63) is 24.3 Å². The lowest BCUT2D eigenvalue weighted by Gasteiger charge is -2.09. The molecule has 0 atom stereocenters. The first kappa shape index (κ1) is 12.0. The molecule has 1 aromatic rings. The van der Waals surface area contributed by atoms with Crippen molar-refractivity contribution in [1.82, 2.24) is 0 Å². The Hall–Kier alpha value is -2.04. The number of anilines is 1. The van der Waals surface area contributed by atoms with Gasteiger partial charge >= 0.3 is 5.97 Å². The highest BCUT2D eigenvalue weighted by atomic mass is 16.7. The Bertz CT molecular complexity index is 389. The van der Waals surface area contributed by atoms with E-state index in [0.29, 0.717) is 11.4 Å². The molecule has 0 saturated carbocycles. The van der Waals surface area contributed by atoms with Crippen LogP contribution in [0.1, 0.15) is 13.3 Å². The maximum atomic E-state index is 11.1. The molecular formula is C11H13NO4. The van der Waals surface area contributed by atoms with Crippen LogP contribution < -0.4 is 10.2 Å². The summed E-state index contributed by atoms with van der Waals surface area (Å²) in [4.78, 5) is 26.4. The van der Waals surface area contributed by atoms with Crippen molar-refractivity contribution in [3.63, 3.8) is 0 Å². The van der Waals surface area contributed by atoms with Gasteiger partial charge in [-0.1, -0.05) is 12.1 Å². The SMILES string of the molecule is COc1ccccc1NOC(=O)CC(C)=O. The van der Waals surface area contributed by atoms with Crippen LogP contribution in [0.4, 0.5) is 5.69 Å². The number of hydrogen-bond donors (Lipinski definition) is 1. The molecule has 5 nitrogen and oxygen atoms in total. The fourth-order valence-corrected chi connectivity index (χ4v) is 1.08. The van der Waals surface area contributed by atoms with Gasteiger partial charge in [0.05, 0.1) is 7.11 Å². The van der Waals surface area contributed by atoms with Gasteiger partial charge in [0, 0.05) is 0 Å². The smallest absolute Gasteiger partial charge is 0.339 e. The zero-order valence-electron chi connectivity index (χ0n) is 9.15. The molecule has 0 spiro atoms. The Morgan fingerprint density at radius 2 is 2.00 bits per heavy atom. The molecule has 1 N–H and O–H groups in total. The molecule has 0 aliphatic carbocycles. The van der Waals surface area contributed by atoms with Gasteiger partial charge in [0.15, 0.2) is 0 Å². The van der Waals surface area contributed by atoms with Crippen molar-refractivity contribution >= 4 is 17.4 Å².